The molecule has 0 aromatic carbocycles. The average molecular weight is 263 g/mol. The Morgan fingerprint density at radius 2 is 2.21 bits per heavy atom. The lowest BCUT2D eigenvalue weighted by Crippen LogP contribution is -2.08. The SMILES string of the molecule is COC(=O)c1cncnc1Nc1cc(OC)n(C)n1. The van der Waals surface area contributed by atoms with Crippen LogP contribution in [-0.2, 0) is 11.8 Å². The summed E-state index contributed by atoms with van der Waals surface area (Å²) in [4.78, 5) is 19.3. The summed E-state index contributed by atoms with van der Waals surface area (Å²) >= 11 is 0. The van der Waals surface area contributed by atoms with E-state index in [1.807, 2.05) is 0 Å². The van der Waals surface area contributed by atoms with E-state index >= 15 is 0 Å². The van der Waals surface area contributed by atoms with Crippen molar-refractivity contribution in [1.29, 1.82) is 0 Å². The van der Waals surface area contributed by atoms with Gasteiger partial charge in [0, 0.05) is 19.3 Å². The fourth-order valence-electron chi connectivity index (χ4n) is 1.51. The highest BCUT2D eigenvalue weighted by atomic mass is 16.5. The Labute approximate surface area is 109 Å². The maximum atomic E-state index is 11.6. The Balaban J connectivity index is 2.30. The number of esters is 1. The summed E-state index contributed by atoms with van der Waals surface area (Å²) in [5.74, 6) is 0.882. The Morgan fingerprint density at radius 1 is 1.42 bits per heavy atom. The van der Waals surface area contributed by atoms with Crippen molar-refractivity contribution < 1.29 is 14.3 Å². The second kappa shape index (κ2) is 5.34. The lowest BCUT2D eigenvalue weighted by Gasteiger charge is -2.05. The number of carbonyl (C=O) groups is 1. The van der Waals surface area contributed by atoms with Crippen LogP contribution < -0.4 is 10.1 Å². The standard InChI is InChI=1S/C11H13N5O3/c1-16-9(18-2)4-8(15-16)14-10-7(11(17)19-3)5-12-6-13-10/h4-6H,1-3H3,(H,12,13,14,15). The van der Waals surface area contributed by atoms with Crippen molar-refractivity contribution in [1.82, 2.24) is 19.7 Å². The van der Waals surface area contributed by atoms with Gasteiger partial charge in [0.1, 0.15) is 17.7 Å². The highest BCUT2D eigenvalue weighted by Gasteiger charge is 2.15. The van der Waals surface area contributed by atoms with E-state index in [0.29, 0.717) is 17.5 Å². The van der Waals surface area contributed by atoms with Gasteiger partial charge in [0.2, 0.25) is 5.88 Å². The fourth-order valence-corrected chi connectivity index (χ4v) is 1.51. The van der Waals surface area contributed by atoms with Crippen LogP contribution in [-0.4, -0.2) is 39.9 Å². The van der Waals surface area contributed by atoms with Gasteiger partial charge in [-0.15, -0.1) is 0 Å². The quantitative estimate of drug-likeness (QED) is 0.814. The molecule has 2 aromatic rings. The van der Waals surface area contributed by atoms with Gasteiger partial charge in [-0.05, 0) is 0 Å². The molecular formula is C11H13N5O3. The lowest BCUT2D eigenvalue weighted by atomic mass is 10.3. The first-order chi connectivity index (χ1) is 9.15. The van der Waals surface area contributed by atoms with E-state index in [2.05, 4.69) is 25.1 Å². The first-order valence-corrected chi connectivity index (χ1v) is 5.39. The van der Waals surface area contributed by atoms with Crippen molar-refractivity contribution in [3.8, 4) is 5.88 Å². The maximum absolute atomic E-state index is 11.6. The van der Waals surface area contributed by atoms with Gasteiger partial charge in [-0.25, -0.2) is 19.4 Å². The lowest BCUT2D eigenvalue weighted by molar-refractivity contribution is 0.0601. The van der Waals surface area contributed by atoms with Crippen molar-refractivity contribution in [3.05, 3.63) is 24.2 Å². The molecule has 0 radical (unpaired) electrons. The molecule has 100 valence electrons. The number of anilines is 2. The van der Waals surface area contributed by atoms with Gasteiger partial charge in [-0.3, -0.25) is 0 Å². The molecule has 19 heavy (non-hydrogen) atoms. The number of nitrogens with one attached hydrogen (secondary N) is 1. The van der Waals surface area contributed by atoms with Crippen molar-refractivity contribution in [3.63, 3.8) is 0 Å². The minimum atomic E-state index is -0.522. The summed E-state index contributed by atoms with van der Waals surface area (Å²) in [5, 5.41) is 7.09. The molecule has 0 fully saturated rings. The normalized spacial score (nSPS) is 10.1. The zero-order valence-electron chi connectivity index (χ0n) is 10.7. The monoisotopic (exact) mass is 263 g/mol. The Kier molecular flexibility index (Phi) is 3.60. The number of ether oxygens (including phenoxy) is 2. The summed E-state index contributed by atoms with van der Waals surface area (Å²) in [6.07, 6.45) is 2.70. The van der Waals surface area contributed by atoms with Crippen LogP contribution in [0.5, 0.6) is 5.88 Å². The molecule has 0 aliphatic rings. The molecule has 0 saturated carbocycles. The van der Waals surface area contributed by atoms with E-state index < -0.39 is 5.97 Å². The highest BCUT2D eigenvalue weighted by molar-refractivity contribution is 5.94. The van der Waals surface area contributed by atoms with Crippen molar-refractivity contribution in [2.45, 2.75) is 0 Å². The van der Waals surface area contributed by atoms with E-state index in [0.717, 1.165) is 0 Å². The molecule has 0 bridgehead atoms. The fraction of sp³-hybridized carbons (Fsp3) is 0.273. The molecular weight excluding hydrogens is 250 g/mol. The molecule has 8 nitrogen and oxygen atoms in total. The second-order valence-corrected chi connectivity index (χ2v) is 3.60. The first-order valence-electron chi connectivity index (χ1n) is 5.39. The number of rotatable bonds is 4. The molecule has 0 aliphatic heterocycles. The predicted molar refractivity (Wildman–Crippen MR) is 66.4 cm³/mol. The van der Waals surface area contributed by atoms with E-state index in [9.17, 15) is 4.79 Å². The largest absolute Gasteiger partial charge is 0.481 e. The minimum Gasteiger partial charge on any atom is -0.481 e. The van der Waals surface area contributed by atoms with Crippen LogP contribution in [0.2, 0.25) is 0 Å². The number of carbonyl (C=O) groups excluding carboxylic acids is 1. The van der Waals surface area contributed by atoms with E-state index in [1.165, 1.54) is 19.6 Å². The average Bonchev–Trinajstić information content (AvgIpc) is 2.78. The van der Waals surface area contributed by atoms with Crippen LogP contribution in [0.1, 0.15) is 10.4 Å². The molecule has 0 aliphatic carbocycles. The molecule has 0 saturated heterocycles. The van der Waals surface area contributed by atoms with E-state index in [-0.39, 0.29) is 5.56 Å². The summed E-state index contributed by atoms with van der Waals surface area (Å²) in [5.41, 5.74) is 0.231. The molecule has 0 atom stereocenters. The van der Waals surface area contributed by atoms with Gasteiger partial charge >= 0.3 is 5.97 Å². The summed E-state index contributed by atoms with van der Waals surface area (Å²) in [7, 11) is 4.58. The summed E-state index contributed by atoms with van der Waals surface area (Å²) in [6.45, 7) is 0. The molecule has 2 heterocycles. The number of methoxy groups -OCH3 is 2. The van der Waals surface area contributed by atoms with Crippen molar-refractivity contribution in [2.75, 3.05) is 19.5 Å². The minimum absolute atomic E-state index is 0.231. The van der Waals surface area contributed by atoms with Crippen LogP contribution in [0.25, 0.3) is 0 Å². The number of aromatic nitrogens is 4. The third-order valence-electron chi connectivity index (χ3n) is 2.41. The van der Waals surface area contributed by atoms with Gasteiger partial charge in [0.05, 0.1) is 14.2 Å². The van der Waals surface area contributed by atoms with Crippen LogP contribution in [0.15, 0.2) is 18.6 Å². The van der Waals surface area contributed by atoms with E-state index in [4.69, 9.17) is 4.74 Å². The number of nitrogens with zero attached hydrogens (tertiary/aromatic N) is 4. The first kappa shape index (κ1) is 12.8. The predicted octanol–water partition coefficient (Wildman–Crippen LogP) is 0.749. The van der Waals surface area contributed by atoms with Crippen molar-refractivity contribution >= 4 is 17.6 Å². The smallest absolute Gasteiger partial charge is 0.343 e. The Bertz CT molecular complexity index is 596. The summed E-state index contributed by atoms with van der Waals surface area (Å²) in [6, 6.07) is 1.68. The third-order valence-corrected chi connectivity index (χ3v) is 2.41. The molecule has 2 rings (SSSR count). The number of hydrogen-bond donors (Lipinski definition) is 1. The highest BCUT2D eigenvalue weighted by Crippen LogP contribution is 2.21. The van der Waals surface area contributed by atoms with Crippen LogP contribution in [0, 0.1) is 0 Å². The molecule has 8 heteroatoms. The molecule has 0 amide bonds. The molecule has 0 spiro atoms. The second-order valence-electron chi connectivity index (χ2n) is 3.60. The topological polar surface area (TPSA) is 91.2 Å². The van der Waals surface area contributed by atoms with Gasteiger partial charge in [-0.1, -0.05) is 0 Å². The van der Waals surface area contributed by atoms with Gasteiger partial charge in [0.25, 0.3) is 0 Å². The van der Waals surface area contributed by atoms with Gasteiger partial charge < -0.3 is 14.8 Å². The summed E-state index contributed by atoms with van der Waals surface area (Å²) < 4.78 is 11.3. The number of aryl methyl sites for hydroxylation is 1. The zero-order chi connectivity index (χ0) is 13.8. The molecule has 2 aromatic heterocycles. The van der Waals surface area contributed by atoms with Crippen LogP contribution in [0.4, 0.5) is 11.6 Å². The van der Waals surface area contributed by atoms with E-state index in [1.54, 1.807) is 24.9 Å². The Morgan fingerprint density at radius 3 is 2.84 bits per heavy atom. The Hall–Kier alpha value is -2.64. The third kappa shape index (κ3) is 2.62. The van der Waals surface area contributed by atoms with Gasteiger partial charge in [-0.2, -0.15) is 5.10 Å². The maximum Gasteiger partial charge on any atom is 0.343 e. The zero-order valence-corrected chi connectivity index (χ0v) is 10.7. The van der Waals surface area contributed by atoms with Crippen LogP contribution in [0.3, 0.4) is 0 Å². The number of hydrogen-bond acceptors (Lipinski definition) is 7. The van der Waals surface area contributed by atoms with Gasteiger partial charge in [0.15, 0.2) is 5.82 Å². The molecule has 0 unspecified atom stereocenters. The van der Waals surface area contributed by atoms with Crippen LogP contribution >= 0.6 is 0 Å². The molecule has 1 N–H and O–H groups in total. The van der Waals surface area contributed by atoms with Crippen molar-refractivity contribution in [2.24, 2.45) is 7.05 Å².